The number of nitrogens with two attached hydrogens (primary N) is 1. The van der Waals surface area contributed by atoms with Crippen molar-refractivity contribution in [1.82, 2.24) is 4.98 Å². The Hall–Kier alpha value is -1.81. The van der Waals surface area contributed by atoms with E-state index in [0.717, 1.165) is 24.4 Å². The van der Waals surface area contributed by atoms with E-state index in [4.69, 9.17) is 15.5 Å². The lowest BCUT2D eigenvalue weighted by atomic mass is 9.97. The van der Waals surface area contributed by atoms with Gasteiger partial charge in [0.05, 0.1) is 7.11 Å². The molecule has 0 saturated carbocycles. The Morgan fingerprint density at radius 2 is 1.95 bits per heavy atom. The lowest BCUT2D eigenvalue weighted by Crippen LogP contribution is -2.47. The molecule has 2 atom stereocenters. The van der Waals surface area contributed by atoms with E-state index in [1.165, 1.54) is 23.6 Å². The molecule has 0 radical (unpaired) electrons. The van der Waals surface area contributed by atoms with Crippen LogP contribution in [0.2, 0.25) is 0 Å². The average molecular weight is 283 g/mol. The lowest BCUT2D eigenvalue weighted by molar-refractivity contribution is 0.412. The molecule has 4 heteroatoms. The maximum atomic E-state index is 6.19. The highest BCUT2D eigenvalue weighted by Gasteiger charge is 2.40. The Kier molecular flexibility index (Phi) is 3.00. The van der Waals surface area contributed by atoms with Gasteiger partial charge in [-0.2, -0.15) is 0 Å². The molecule has 2 bridgehead atoms. The van der Waals surface area contributed by atoms with Crippen molar-refractivity contribution in [2.45, 2.75) is 43.8 Å². The van der Waals surface area contributed by atoms with E-state index >= 15 is 0 Å². The van der Waals surface area contributed by atoms with Crippen LogP contribution in [0.4, 0.5) is 5.82 Å². The minimum Gasteiger partial charge on any atom is -0.497 e. The van der Waals surface area contributed by atoms with Crippen molar-refractivity contribution in [3.63, 3.8) is 0 Å². The standard InChI is InChI=1S/C17H21N3O/c1-21-15-5-2-11-6-7-19-17(16(11)10-15)20-13-3-4-14(20)9-12(18)8-13/h2,5-7,10,12-14H,3-4,8-9,18H2,1H3. The largest absolute Gasteiger partial charge is 0.497 e. The number of hydrogen-bond acceptors (Lipinski definition) is 4. The van der Waals surface area contributed by atoms with Crippen molar-refractivity contribution < 1.29 is 4.74 Å². The molecule has 0 aliphatic carbocycles. The first-order valence-corrected chi connectivity index (χ1v) is 7.73. The zero-order chi connectivity index (χ0) is 14.4. The molecule has 0 spiro atoms. The van der Waals surface area contributed by atoms with Gasteiger partial charge in [0.2, 0.25) is 0 Å². The number of nitrogens with zero attached hydrogens (tertiary/aromatic N) is 2. The number of ether oxygens (including phenoxy) is 1. The molecule has 3 heterocycles. The number of pyridine rings is 1. The van der Waals surface area contributed by atoms with Gasteiger partial charge in [-0.05, 0) is 49.3 Å². The first kappa shape index (κ1) is 12.9. The van der Waals surface area contributed by atoms with Gasteiger partial charge >= 0.3 is 0 Å². The van der Waals surface area contributed by atoms with Gasteiger partial charge in [-0.1, -0.05) is 6.07 Å². The molecule has 2 fully saturated rings. The van der Waals surface area contributed by atoms with E-state index in [1.54, 1.807) is 7.11 Å². The predicted molar refractivity (Wildman–Crippen MR) is 84.8 cm³/mol. The van der Waals surface area contributed by atoms with Crippen molar-refractivity contribution in [2.24, 2.45) is 5.73 Å². The normalized spacial score (nSPS) is 28.1. The van der Waals surface area contributed by atoms with Crippen molar-refractivity contribution in [3.05, 3.63) is 30.5 Å². The molecule has 1 aromatic carbocycles. The maximum Gasteiger partial charge on any atom is 0.137 e. The van der Waals surface area contributed by atoms with E-state index in [2.05, 4.69) is 23.1 Å². The fourth-order valence-corrected chi connectivity index (χ4v) is 4.03. The summed E-state index contributed by atoms with van der Waals surface area (Å²) in [5, 5.41) is 2.40. The van der Waals surface area contributed by atoms with Crippen molar-refractivity contribution in [1.29, 1.82) is 0 Å². The zero-order valence-corrected chi connectivity index (χ0v) is 12.3. The summed E-state index contributed by atoms with van der Waals surface area (Å²) in [5.41, 5.74) is 6.19. The number of hydrogen-bond donors (Lipinski definition) is 1. The van der Waals surface area contributed by atoms with Crippen LogP contribution < -0.4 is 15.4 Å². The number of fused-ring (bicyclic) bond motifs is 3. The van der Waals surface area contributed by atoms with Crippen LogP contribution in [0.25, 0.3) is 10.8 Å². The molecule has 110 valence electrons. The van der Waals surface area contributed by atoms with Crippen LogP contribution in [-0.4, -0.2) is 30.2 Å². The van der Waals surface area contributed by atoms with E-state index in [-0.39, 0.29) is 0 Å². The summed E-state index contributed by atoms with van der Waals surface area (Å²) in [6.07, 6.45) is 6.55. The van der Waals surface area contributed by atoms with Crippen LogP contribution in [0.5, 0.6) is 5.75 Å². The smallest absolute Gasteiger partial charge is 0.137 e. The Labute approximate surface area is 124 Å². The number of methoxy groups -OCH3 is 1. The van der Waals surface area contributed by atoms with Crippen molar-refractivity contribution in [3.8, 4) is 5.75 Å². The second-order valence-electron chi connectivity index (χ2n) is 6.25. The lowest BCUT2D eigenvalue weighted by Gasteiger charge is -2.39. The molecule has 2 aliphatic heterocycles. The molecule has 1 aromatic heterocycles. The molecule has 4 nitrogen and oxygen atoms in total. The Bertz CT molecular complexity index is 658. The summed E-state index contributed by atoms with van der Waals surface area (Å²) in [6.45, 7) is 0. The number of benzene rings is 1. The SMILES string of the molecule is COc1ccc2ccnc(N3C4CCC3CC(N)C4)c2c1. The Morgan fingerprint density at radius 1 is 1.19 bits per heavy atom. The molecule has 2 aliphatic rings. The zero-order valence-electron chi connectivity index (χ0n) is 12.3. The van der Waals surface area contributed by atoms with Gasteiger partial charge in [-0.15, -0.1) is 0 Å². The summed E-state index contributed by atoms with van der Waals surface area (Å²) in [5.74, 6) is 1.99. The highest BCUT2D eigenvalue weighted by molar-refractivity contribution is 5.93. The van der Waals surface area contributed by atoms with Gasteiger partial charge in [0.1, 0.15) is 11.6 Å². The molecule has 2 unspecified atom stereocenters. The van der Waals surface area contributed by atoms with Crippen LogP contribution in [-0.2, 0) is 0 Å². The van der Waals surface area contributed by atoms with Crippen LogP contribution in [0, 0.1) is 0 Å². The van der Waals surface area contributed by atoms with Gasteiger partial charge in [0, 0.05) is 29.7 Å². The number of anilines is 1. The highest BCUT2D eigenvalue weighted by atomic mass is 16.5. The summed E-state index contributed by atoms with van der Waals surface area (Å²) in [7, 11) is 1.71. The average Bonchev–Trinajstić information content (AvgIpc) is 2.77. The summed E-state index contributed by atoms with van der Waals surface area (Å²) < 4.78 is 5.38. The number of piperidine rings is 1. The quantitative estimate of drug-likeness (QED) is 0.920. The first-order chi connectivity index (χ1) is 10.3. The minimum atomic E-state index is 0.350. The van der Waals surface area contributed by atoms with Gasteiger partial charge in [-0.3, -0.25) is 0 Å². The third-order valence-corrected chi connectivity index (χ3v) is 4.97. The van der Waals surface area contributed by atoms with E-state index < -0.39 is 0 Å². The predicted octanol–water partition coefficient (Wildman–Crippen LogP) is 2.70. The Morgan fingerprint density at radius 3 is 2.67 bits per heavy atom. The number of aromatic nitrogens is 1. The summed E-state index contributed by atoms with van der Waals surface area (Å²) in [6, 6.07) is 9.72. The summed E-state index contributed by atoms with van der Waals surface area (Å²) >= 11 is 0. The van der Waals surface area contributed by atoms with Gasteiger partial charge in [-0.25, -0.2) is 4.98 Å². The summed E-state index contributed by atoms with van der Waals surface area (Å²) in [4.78, 5) is 7.22. The molecular formula is C17H21N3O. The first-order valence-electron chi connectivity index (χ1n) is 7.73. The van der Waals surface area contributed by atoms with E-state index in [1.807, 2.05) is 12.3 Å². The maximum absolute atomic E-state index is 6.19. The third kappa shape index (κ3) is 2.05. The second kappa shape index (κ2) is 4.88. The van der Waals surface area contributed by atoms with E-state index in [9.17, 15) is 0 Å². The molecule has 21 heavy (non-hydrogen) atoms. The molecule has 2 N–H and O–H groups in total. The van der Waals surface area contributed by atoms with E-state index in [0.29, 0.717) is 18.1 Å². The molecular weight excluding hydrogens is 262 g/mol. The van der Waals surface area contributed by atoms with Crippen LogP contribution >= 0.6 is 0 Å². The van der Waals surface area contributed by atoms with Gasteiger partial charge in [0.15, 0.2) is 0 Å². The molecule has 4 rings (SSSR count). The van der Waals surface area contributed by atoms with Crippen molar-refractivity contribution in [2.75, 3.05) is 12.0 Å². The molecule has 0 amide bonds. The number of rotatable bonds is 2. The fourth-order valence-electron chi connectivity index (χ4n) is 4.03. The highest BCUT2D eigenvalue weighted by Crippen LogP contribution is 2.41. The van der Waals surface area contributed by atoms with Gasteiger partial charge in [0.25, 0.3) is 0 Å². The minimum absolute atomic E-state index is 0.350. The Balaban J connectivity index is 1.83. The monoisotopic (exact) mass is 283 g/mol. The third-order valence-electron chi connectivity index (χ3n) is 4.97. The van der Waals surface area contributed by atoms with Crippen LogP contribution in [0.3, 0.4) is 0 Å². The van der Waals surface area contributed by atoms with Crippen molar-refractivity contribution >= 4 is 16.6 Å². The second-order valence-corrected chi connectivity index (χ2v) is 6.25. The molecule has 2 saturated heterocycles. The fraction of sp³-hybridized carbons (Fsp3) is 0.471. The van der Waals surface area contributed by atoms with Crippen LogP contribution in [0.1, 0.15) is 25.7 Å². The van der Waals surface area contributed by atoms with Crippen LogP contribution in [0.15, 0.2) is 30.5 Å². The molecule has 2 aromatic rings. The topological polar surface area (TPSA) is 51.4 Å². The van der Waals surface area contributed by atoms with Gasteiger partial charge < -0.3 is 15.4 Å².